The summed E-state index contributed by atoms with van der Waals surface area (Å²) in [6.07, 6.45) is -0.228. The Balaban J connectivity index is 2.04. The Bertz CT molecular complexity index is 603. The largest absolute Gasteiger partial charge is 0.320 e. The van der Waals surface area contributed by atoms with Crippen LogP contribution in [0.25, 0.3) is 0 Å². The van der Waals surface area contributed by atoms with Crippen molar-refractivity contribution >= 4 is 40.2 Å². The Morgan fingerprint density at radius 2 is 2.10 bits per heavy atom. The van der Waals surface area contributed by atoms with Crippen molar-refractivity contribution in [2.24, 2.45) is 0 Å². The average molecular weight is 295 g/mol. The summed E-state index contributed by atoms with van der Waals surface area (Å²) in [5, 5.41) is 13.9. The van der Waals surface area contributed by atoms with Gasteiger partial charge in [-0.25, -0.2) is 0 Å². The maximum atomic E-state index is 11.8. The molecular weight excluding hydrogens is 286 g/mol. The number of carbonyl (C=O) groups is 3. The summed E-state index contributed by atoms with van der Waals surface area (Å²) in [6.45, 7) is 0. The zero-order chi connectivity index (χ0) is 14.7. The number of para-hydroxylation sites is 2. The van der Waals surface area contributed by atoms with E-state index in [1.165, 1.54) is 18.2 Å². The van der Waals surface area contributed by atoms with Crippen LogP contribution in [-0.2, 0) is 9.59 Å². The Morgan fingerprint density at radius 3 is 2.70 bits per heavy atom. The number of hydrogen-bond donors (Lipinski definition) is 2. The number of thioether (sulfide) groups is 1. The number of nitrogens with one attached hydrogen (secondary N) is 2. The zero-order valence-corrected chi connectivity index (χ0v) is 10.8. The summed E-state index contributed by atoms with van der Waals surface area (Å²) in [5.74, 6) is -1.10. The first-order valence-electron chi connectivity index (χ1n) is 5.52. The molecule has 8 nitrogen and oxygen atoms in total. The number of nitro groups is 1. The minimum Gasteiger partial charge on any atom is -0.320 e. The van der Waals surface area contributed by atoms with E-state index in [0.29, 0.717) is 0 Å². The van der Waals surface area contributed by atoms with Gasteiger partial charge in [0, 0.05) is 12.5 Å². The molecule has 1 aromatic rings. The summed E-state index contributed by atoms with van der Waals surface area (Å²) in [6, 6.07) is 5.68. The van der Waals surface area contributed by atoms with E-state index in [1.54, 1.807) is 6.07 Å². The Hall–Kier alpha value is -2.42. The highest BCUT2D eigenvalue weighted by atomic mass is 32.2. The molecule has 104 valence electrons. The maximum absolute atomic E-state index is 11.8. The lowest BCUT2D eigenvalue weighted by atomic mass is 10.2. The molecule has 1 aromatic carbocycles. The third kappa shape index (κ3) is 3.12. The van der Waals surface area contributed by atoms with Crippen LogP contribution in [0, 0.1) is 10.1 Å². The lowest BCUT2D eigenvalue weighted by Crippen LogP contribution is -2.27. The standard InChI is InChI=1S/C11H9N3O5S/c15-9(5-8-10(16)13-11(17)20-8)12-6-3-1-2-4-7(6)14(18)19/h1-4,8H,5H2,(H,12,15)(H,13,16,17). The molecule has 9 heteroatoms. The van der Waals surface area contributed by atoms with Gasteiger partial charge in [0.25, 0.3) is 10.9 Å². The van der Waals surface area contributed by atoms with Crippen LogP contribution in [0.4, 0.5) is 16.2 Å². The molecule has 1 unspecified atom stereocenters. The van der Waals surface area contributed by atoms with Crippen molar-refractivity contribution in [2.45, 2.75) is 11.7 Å². The van der Waals surface area contributed by atoms with E-state index < -0.39 is 27.2 Å². The summed E-state index contributed by atoms with van der Waals surface area (Å²) in [4.78, 5) is 44.2. The molecule has 1 atom stereocenters. The number of benzene rings is 1. The minimum absolute atomic E-state index is 0.0530. The van der Waals surface area contributed by atoms with Gasteiger partial charge in [-0.15, -0.1) is 0 Å². The number of nitrogens with zero attached hydrogens (tertiary/aromatic N) is 1. The van der Waals surface area contributed by atoms with E-state index in [9.17, 15) is 24.5 Å². The number of hydrogen-bond acceptors (Lipinski definition) is 6. The molecule has 1 heterocycles. The molecule has 3 amide bonds. The van der Waals surface area contributed by atoms with Crippen LogP contribution in [0.1, 0.15) is 6.42 Å². The van der Waals surface area contributed by atoms with Gasteiger partial charge in [-0.1, -0.05) is 23.9 Å². The van der Waals surface area contributed by atoms with Crippen molar-refractivity contribution in [1.29, 1.82) is 0 Å². The zero-order valence-electron chi connectivity index (χ0n) is 9.99. The number of imide groups is 1. The van der Waals surface area contributed by atoms with Crippen LogP contribution in [0.2, 0.25) is 0 Å². The molecule has 0 bridgehead atoms. The van der Waals surface area contributed by atoms with Gasteiger partial charge in [-0.2, -0.15) is 0 Å². The van der Waals surface area contributed by atoms with Crippen LogP contribution >= 0.6 is 11.8 Å². The summed E-state index contributed by atoms with van der Waals surface area (Å²) >= 11 is 0.729. The SMILES string of the molecule is O=C(CC1SC(=O)NC1=O)Nc1ccccc1[N+](=O)[O-]. The second kappa shape index (κ2) is 5.70. The number of anilines is 1. The van der Waals surface area contributed by atoms with Crippen LogP contribution in [0.15, 0.2) is 24.3 Å². The van der Waals surface area contributed by atoms with Gasteiger partial charge in [-0.3, -0.25) is 29.8 Å². The highest BCUT2D eigenvalue weighted by Gasteiger charge is 2.33. The van der Waals surface area contributed by atoms with E-state index in [4.69, 9.17) is 0 Å². The molecule has 2 N–H and O–H groups in total. The highest BCUT2D eigenvalue weighted by molar-refractivity contribution is 8.15. The fourth-order valence-electron chi connectivity index (χ4n) is 1.64. The first-order valence-corrected chi connectivity index (χ1v) is 6.40. The van der Waals surface area contributed by atoms with Gasteiger partial charge in [0.15, 0.2) is 0 Å². The summed E-state index contributed by atoms with van der Waals surface area (Å²) in [5.41, 5.74) is -0.183. The second-order valence-electron chi connectivity index (χ2n) is 3.91. The van der Waals surface area contributed by atoms with Gasteiger partial charge in [-0.05, 0) is 6.07 Å². The molecule has 0 spiro atoms. The number of carbonyl (C=O) groups excluding carboxylic acids is 3. The summed E-state index contributed by atoms with van der Waals surface area (Å²) in [7, 11) is 0. The van der Waals surface area contributed by atoms with Crippen molar-refractivity contribution in [3.8, 4) is 0 Å². The van der Waals surface area contributed by atoms with Gasteiger partial charge < -0.3 is 5.32 Å². The lowest BCUT2D eigenvalue weighted by molar-refractivity contribution is -0.383. The van der Waals surface area contributed by atoms with E-state index in [1.807, 2.05) is 0 Å². The number of nitro benzene ring substituents is 1. The molecule has 0 aromatic heterocycles. The molecule has 0 saturated carbocycles. The third-order valence-electron chi connectivity index (χ3n) is 2.51. The van der Waals surface area contributed by atoms with E-state index >= 15 is 0 Å². The van der Waals surface area contributed by atoms with Gasteiger partial charge in [0.05, 0.1) is 4.92 Å². The Kier molecular flexibility index (Phi) is 3.99. The first kappa shape index (κ1) is 14.0. The smallest absolute Gasteiger partial charge is 0.292 e. The third-order valence-corrected chi connectivity index (χ3v) is 3.49. The normalized spacial score (nSPS) is 17.7. The van der Waals surface area contributed by atoms with E-state index in [2.05, 4.69) is 10.6 Å². The second-order valence-corrected chi connectivity index (χ2v) is 5.09. The van der Waals surface area contributed by atoms with Gasteiger partial charge in [0.1, 0.15) is 10.9 Å². The van der Waals surface area contributed by atoms with Crippen LogP contribution in [0.5, 0.6) is 0 Å². The number of rotatable bonds is 4. The molecular formula is C11H9N3O5S. The Morgan fingerprint density at radius 1 is 1.40 bits per heavy atom. The molecule has 1 aliphatic rings. The van der Waals surface area contributed by atoms with Crippen molar-refractivity contribution in [3.63, 3.8) is 0 Å². The Labute approximate surface area is 117 Å². The summed E-state index contributed by atoms with van der Waals surface area (Å²) < 4.78 is 0. The molecule has 1 aliphatic heterocycles. The number of amides is 3. The first-order chi connectivity index (χ1) is 9.47. The molecule has 1 saturated heterocycles. The molecule has 2 rings (SSSR count). The fraction of sp³-hybridized carbons (Fsp3) is 0.182. The van der Waals surface area contributed by atoms with Crippen molar-refractivity contribution < 1.29 is 19.3 Å². The van der Waals surface area contributed by atoms with E-state index in [-0.39, 0.29) is 17.8 Å². The van der Waals surface area contributed by atoms with Crippen LogP contribution in [-0.4, -0.2) is 27.2 Å². The quantitative estimate of drug-likeness (QED) is 0.638. The maximum Gasteiger partial charge on any atom is 0.292 e. The molecule has 0 aliphatic carbocycles. The molecule has 1 fully saturated rings. The topological polar surface area (TPSA) is 118 Å². The monoisotopic (exact) mass is 295 g/mol. The fourth-order valence-corrected chi connectivity index (χ4v) is 2.45. The van der Waals surface area contributed by atoms with Gasteiger partial charge in [0.2, 0.25) is 11.8 Å². The van der Waals surface area contributed by atoms with Crippen LogP contribution in [0.3, 0.4) is 0 Å². The predicted octanol–water partition coefficient (Wildman–Crippen LogP) is 1.27. The van der Waals surface area contributed by atoms with Gasteiger partial charge >= 0.3 is 0 Å². The van der Waals surface area contributed by atoms with Crippen molar-refractivity contribution in [2.75, 3.05) is 5.32 Å². The lowest BCUT2D eigenvalue weighted by Gasteiger charge is -2.07. The molecule has 0 radical (unpaired) electrons. The minimum atomic E-state index is -0.801. The predicted molar refractivity (Wildman–Crippen MR) is 71.3 cm³/mol. The van der Waals surface area contributed by atoms with Crippen molar-refractivity contribution in [3.05, 3.63) is 34.4 Å². The van der Waals surface area contributed by atoms with Crippen molar-refractivity contribution in [1.82, 2.24) is 5.32 Å². The molecule has 20 heavy (non-hydrogen) atoms. The highest BCUT2D eigenvalue weighted by Crippen LogP contribution is 2.25. The average Bonchev–Trinajstić information content (AvgIpc) is 2.68. The van der Waals surface area contributed by atoms with E-state index in [0.717, 1.165) is 11.8 Å². The van der Waals surface area contributed by atoms with Crippen LogP contribution < -0.4 is 10.6 Å².